The highest BCUT2D eigenvalue weighted by Crippen LogP contribution is 2.47. The summed E-state index contributed by atoms with van der Waals surface area (Å²) in [5.74, 6) is 0.401. The largest absolute Gasteiger partial charge is 0.488 e. The number of thioether (sulfide) groups is 1. The lowest BCUT2D eigenvalue weighted by Gasteiger charge is -2.31. The molecule has 0 bridgehead atoms. The molecular formula is C21H27NO4S. The molecule has 5 nitrogen and oxygen atoms in total. The second kappa shape index (κ2) is 9.78. The summed E-state index contributed by atoms with van der Waals surface area (Å²) in [5.41, 5.74) is 6.05. The normalized spacial score (nSPS) is 12.8. The first kappa shape index (κ1) is 21.3. The Balaban J connectivity index is 2.15. The average molecular weight is 390 g/mol. The maximum Gasteiger partial charge on any atom is 0.224 e. The second-order valence-corrected chi connectivity index (χ2v) is 7.86. The molecule has 6 heteroatoms. The van der Waals surface area contributed by atoms with Gasteiger partial charge in [-0.15, -0.1) is 11.8 Å². The van der Waals surface area contributed by atoms with Crippen molar-refractivity contribution in [2.24, 2.45) is 11.1 Å². The fourth-order valence-electron chi connectivity index (χ4n) is 2.54. The maximum atomic E-state index is 12.1. The Morgan fingerprint density at radius 2 is 1.63 bits per heavy atom. The number of carbonyl (C=O) groups excluding carboxylic acids is 1. The molecule has 0 aromatic heterocycles. The van der Waals surface area contributed by atoms with E-state index in [1.165, 1.54) is 0 Å². The van der Waals surface area contributed by atoms with E-state index in [0.29, 0.717) is 6.61 Å². The first-order valence-corrected chi connectivity index (χ1v) is 9.56. The quantitative estimate of drug-likeness (QED) is 0.491. The van der Waals surface area contributed by atoms with Crippen LogP contribution in [-0.4, -0.2) is 33.0 Å². The van der Waals surface area contributed by atoms with Gasteiger partial charge in [-0.2, -0.15) is 0 Å². The van der Waals surface area contributed by atoms with Gasteiger partial charge in [0.25, 0.3) is 0 Å². The van der Waals surface area contributed by atoms with Crippen molar-refractivity contribution in [1.29, 1.82) is 0 Å². The third kappa shape index (κ3) is 5.73. The molecule has 0 aliphatic heterocycles. The first-order chi connectivity index (χ1) is 12.9. The van der Waals surface area contributed by atoms with Crippen LogP contribution in [0.25, 0.3) is 0 Å². The van der Waals surface area contributed by atoms with E-state index in [9.17, 15) is 4.79 Å². The molecule has 1 unspecified atom stereocenters. The van der Waals surface area contributed by atoms with Crippen molar-refractivity contribution >= 4 is 17.7 Å². The fourth-order valence-corrected chi connectivity index (χ4v) is 3.81. The molecule has 1 amide bonds. The molecule has 1 atom stereocenters. The Bertz CT molecular complexity index is 715. The van der Waals surface area contributed by atoms with Crippen LogP contribution in [0.4, 0.5) is 0 Å². The highest BCUT2D eigenvalue weighted by molar-refractivity contribution is 7.99. The highest BCUT2D eigenvalue weighted by Gasteiger charge is 2.37. The van der Waals surface area contributed by atoms with E-state index in [1.54, 1.807) is 26.0 Å². The van der Waals surface area contributed by atoms with Gasteiger partial charge in [-0.25, -0.2) is 0 Å². The van der Waals surface area contributed by atoms with Gasteiger partial charge in [-0.3, -0.25) is 4.79 Å². The SMILES string of the molecule is COC(COc1ccc(SC(c2ccccc2)C(C)(C)C(N)=O)cc1)OC. The Labute approximate surface area is 165 Å². The van der Waals surface area contributed by atoms with Gasteiger partial charge < -0.3 is 19.9 Å². The molecule has 0 aliphatic carbocycles. The van der Waals surface area contributed by atoms with Crippen LogP contribution in [0.5, 0.6) is 5.75 Å². The number of ether oxygens (including phenoxy) is 3. The molecule has 2 rings (SSSR count). The molecular weight excluding hydrogens is 362 g/mol. The average Bonchev–Trinajstić information content (AvgIpc) is 2.68. The summed E-state index contributed by atoms with van der Waals surface area (Å²) in [7, 11) is 3.14. The van der Waals surface area contributed by atoms with E-state index in [-0.39, 0.29) is 11.2 Å². The lowest BCUT2D eigenvalue weighted by atomic mass is 9.84. The topological polar surface area (TPSA) is 70.8 Å². The van der Waals surface area contributed by atoms with E-state index in [1.807, 2.05) is 68.4 Å². The number of rotatable bonds is 10. The summed E-state index contributed by atoms with van der Waals surface area (Å²) in [6.07, 6.45) is -0.405. The molecule has 2 aromatic carbocycles. The lowest BCUT2D eigenvalue weighted by molar-refractivity contribution is -0.126. The summed E-state index contributed by atoms with van der Waals surface area (Å²) in [6, 6.07) is 17.7. The summed E-state index contributed by atoms with van der Waals surface area (Å²) < 4.78 is 15.9. The van der Waals surface area contributed by atoms with E-state index < -0.39 is 11.7 Å². The van der Waals surface area contributed by atoms with Crippen LogP contribution in [0.2, 0.25) is 0 Å². The molecule has 0 radical (unpaired) electrons. The number of amides is 1. The minimum atomic E-state index is -0.703. The Hall–Kier alpha value is -2.02. The monoisotopic (exact) mass is 389 g/mol. The van der Waals surface area contributed by atoms with Crippen molar-refractivity contribution in [2.75, 3.05) is 20.8 Å². The van der Waals surface area contributed by atoms with E-state index in [0.717, 1.165) is 16.2 Å². The van der Waals surface area contributed by atoms with Crippen molar-refractivity contribution in [3.8, 4) is 5.75 Å². The van der Waals surface area contributed by atoms with Gasteiger partial charge in [0.05, 0.1) is 5.41 Å². The van der Waals surface area contributed by atoms with Crippen molar-refractivity contribution in [1.82, 2.24) is 0 Å². The maximum absolute atomic E-state index is 12.1. The Morgan fingerprint density at radius 1 is 1.04 bits per heavy atom. The van der Waals surface area contributed by atoms with Gasteiger partial charge in [0, 0.05) is 24.4 Å². The molecule has 2 aromatic rings. The van der Waals surface area contributed by atoms with Crippen LogP contribution >= 0.6 is 11.8 Å². The van der Waals surface area contributed by atoms with Crippen LogP contribution in [0.1, 0.15) is 24.7 Å². The zero-order valence-electron chi connectivity index (χ0n) is 16.2. The van der Waals surface area contributed by atoms with Gasteiger partial charge in [0.2, 0.25) is 5.91 Å². The molecule has 0 aliphatic rings. The van der Waals surface area contributed by atoms with Crippen LogP contribution in [0.15, 0.2) is 59.5 Å². The van der Waals surface area contributed by atoms with E-state index >= 15 is 0 Å². The predicted octanol–water partition coefficient (Wildman–Crippen LogP) is 4.03. The van der Waals surface area contributed by atoms with E-state index in [4.69, 9.17) is 19.9 Å². The second-order valence-electron chi connectivity index (χ2n) is 6.68. The Kier molecular flexibility index (Phi) is 7.71. The summed E-state index contributed by atoms with van der Waals surface area (Å²) in [6.45, 7) is 4.07. The van der Waals surface area contributed by atoms with Gasteiger partial charge in [-0.05, 0) is 43.7 Å². The highest BCUT2D eigenvalue weighted by atomic mass is 32.2. The van der Waals surface area contributed by atoms with Crippen molar-refractivity contribution < 1.29 is 19.0 Å². The van der Waals surface area contributed by atoms with Crippen LogP contribution in [0.3, 0.4) is 0 Å². The lowest BCUT2D eigenvalue weighted by Crippen LogP contribution is -2.35. The minimum Gasteiger partial charge on any atom is -0.488 e. The van der Waals surface area contributed by atoms with Gasteiger partial charge in [-0.1, -0.05) is 30.3 Å². The number of hydrogen-bond acceptors (Lipinski definition) is 5. The van der Waals surface area contributed by atoms with Gasteiger partial charge in [0.15, 0.2) is 6.29 Å². The molecule has 0 spiro atoms. The number of methoxy groups -OCH3 is 2. The minimum absolute atomic E-state index is 0.102. The fraction of sp³-hybridized carbons (Fsp3) is 0.381. The number of primary amides is 1. The van der Waals surface area contributed by atoms with Crippen molar-refractivity contribution in [2.45, 2.75) is 30.3 Å². The zero-order chi connectivity index (χ0) is 19.9. The molecule has 0 saturated carbocycles. The molecule has 146 valence electrons. The van der Waals surface area contributed by atoms with E-state index in [2.05, 4.69) is 0 Å². The van der Waals surface area contributed by atoms with Gasteiger partial charge in [0.1, 0.15) is 12.4 Å². The predicted molar refractivity (Wildman–Crippen MR) is 108 cm³/mol. The summed E-state index contributed by atoms with van der Waals surface area (Å²) >= 11 is 1.61. The van der Waals surface area contributed by atoms with Gasteiger partial charge >= 0.3 is 0 Å². The van der Waals surface area contributed by atoms with Crippen LogP contribution in [0, 0.1) is 5.41 Å². The van der Waals surface area contributed by atoms with Crippen LogP contribution < -0.4 is 10.5 Å². The van der Waals surface area contributed by atoms with Crippen molar-refractivity contribution in [3.05, 3.63) is 60.2 Å². The molecule has 0 saturated heterocycles. The summed E-state index contributed by atoms with van der Waals surface area (Å²) in [4.78, 5) is 13.1. The van der Waals surface area contributed by atoms with Crippen LogP contribution in [-0.2, 0) is 14.3 Å². The third-order valence-corrected chi connectivity index (χ3v) is 6.02. The Morgan fingerprint density at radius 3 is 2.15 bits per heavy atom. The molecule has 0 heterocycles. The third-order valence-electron chi connectivity index (χ3n) is 4.38. The number of carbonyl (C=O) groups is 1. The molecule has 27 heavy (non-hydrogen) atoms. The first-order valence-electron chi connectivity index (χ1n) is 8.68. The number of hydrogen-bond donors (Lipinski definition) is 1. The summed E-state index contributed by atoms with van der Waals surface area (Å²) in [5, 5.41) is -0.102. The standard InChI is InChI=1S/C21H27NO4S/c1-21(2,20(22)23)19(15-8-6-5-7-9-15)27-17-12-10-16(11-13-17)26-14-18(24-3)25-4/h5-13,18-19H,14H2,1-4H3,(H2,22,23). The van der Waals surface area contributed by atoms with Crippen molar-refractivity contribution in [3.63, 3.8) is 0 Å². The zero-order valence-corrected chi connectivity index (χ0v) is 17.0. The number of nitrogens with two attached hydrogens (primary N) is 1. The molecule has 2 N–H and O–H groups in total. The number of benzene rings is 2. The smallest absolute Gasteiger partial charge is 0.224 e. The molecule has 0 fully saturated rings.